The van der Waals surface area contributed by atoms with E-state index in [9.17, 15) is 14.3 Å². The third kappa shape index (κ3) is 2.55. The van der Waals surface area contributed by atoms with Gasteiger partial charge in [-0.25, -0.2) is 4.39 Å². The van der Waals surface area contributed by atoms with E-state index in [4.69, 9.17) is 5.11 Å². The summed E-state index contributed by atoms with van der Waals surface area (Å²) < 4.78 is 13.3. The molecule has 92 valence electrons. The number of benzene rings is 1. The number of nitrogens with one attached hydrogen (secondary N) is 1. The fourth-order valence-electron chi connectivity index (χ4n) is 1.79. The van der Waals surface area contributed by atoms with Gasteiger partial charge in [-0.2, -0.15) is 0 Å². The van der Waals surface area contributed by atoms with E-state index in [1.807, 2.05) is 0 Å². The quantitative estimate of drug-likeness (QED) is 0.741. The largest absolute Gasteiger partial charge is 0.508 e. The predicted octanol–water partition coefficient (Wildman–Crippen LogP) is 1.18. The second kappa shape index (κ2) is 4.33. The molecule has 0 atom stereocenters. The second-order valence-electron chi connectivity index (χ2n) is 4.42. The van der Waals surface area contributed by atoms with E-state index >= 15 is 0 Å². The SMILES string of the molecule is O=C(NCC1(O)CCC1)c1ccc(O)cc1F. The Morgan fingerprint density at radius 3 is 2.71 bits per heavy atom. The van der Waals surface area contributed by atoms with Crippen molar-refractivity contribution < 1.29 is 19.4 Å². The summed E-state index contributed by atoms with van der Waals surface area (Å²) in [6, 6.07) is 3.34. The van der Waals surface area contributed by atoms with Gasteiger partial charge in [0.2, 0.25) is 0 Å². The summed E-state index contributed by atoms with van der Waals surface area (Å²) in [6.45, 7) is 0.131. The Morgan fingerprint density at radius 1 is 1.47 bits per heavy atom. The fraction of sp³-hybridized carbons (Fsp3) is 0.417. The van der Waals surface area contributed by atoms with Crippen LogP contribution in [0.5, 0.6) is 5.75 Å². The molecule has 0 saturated heterocycles. The normalized spacial score (nSPS) is 17.3. The van der Waals surface area contributed by atoms with Crippen LogP contribution in [0.2, 0.25) is 0 Å². The van der Waals surface area contributed by atoms with Crippen molar-refractivity contribution in [3.05, 3.63) is 29.6 Å². The monoisotopic (exact) mass is 239 g/mol. The Labute approximate surface area is 98.1 Å². The van der Waals surface area contributed by atoms with Gasteiger partial charge in [-0.1, -0.05) is 0 Å². The molecule has 0 radical (unpaired) electrons. The van der Waals surface area contributed by atoms with Crippen molar-refractivity contribution in [3.8, 4) is 5.75 Å². The van der Waals surface area contributed by atoms with Crippen molar-refractivity contribution >= 4 is 5.91 Å². The topological polar surface area (TPSA) is 69.6 Å². The maximum atomic E-state index is 13.3. The van der Waals surface area contributed by atoms with E-state index in [1.165, 1.54) is 12.1 Å². The molecule has 5 heteroatoms. The summed E-state index contributed by atoms with van der Waals surface area (Å²) in [6.07, 6.45) is 2.26. The number of amides is 1. The van der Waals surface area contributed by atoms with E-state index in [0.717, 1.165) is 12.5 Å². The second-order valence-corrected chi connectivity index (χ2v) is 4.42. The minimum absolute atomic E-state index is 0.131. The van der Waals surface area contributed by atoms with E-state index in [1.54, 1.807) is 0 Å². The molecule has 1 aliphatic carbocycles. The zero-order chi connectivity index (χ0) is 12.5. The summed E-state index contributed by atoms with van der Waals surface area (Å²) in [5.41, 5.74) is -0.964. The van der Waals surface area contributed by atoms with Gasteiger partial charge in [0.25, 0.3) is 5.91 Å². The molecule has 3 N–H and O–H groups in total. The average molecular weight is 239 g/mol. The van der Waals surface area contributed by atoms with Crippen LogP contribution < -0.4 is 5.32 Å². The summed E-state index contributed by atoms with van der Waals surface area (Å²) in [5.74, 6) is -1.58. The van der Waals surface area contributed by atoms with Crippen LogP contribution in [0.4, 0.5) is 4.39 Å². The highest BCUT2D eigenvalue weighted by Crippen LogP contribution is 2.30. The Morgan fingerprint density at radius 2 is 2.18 bits per heavy atom. The Kier molecular flexibility index (Phi) is 3.02. The maximum Gasteiger partial charge on any atom is 0.254 e. The molecule has 1 aliphatic rings. The van der Waals surface area contributed by atoms with Crippen molar-refractivity contribution in [3.63, 3.8) is 0 Å². The minimum Gasteiger partial charge on any atom is -0.508 e. The van der Waals surface area contributed by atoms with Crippen LogP contribution in [0.15, 0.2) is 18.2 Å². The van der Waals surface area contributed by atoms with Gasteiger partial charge in [0.15, 0.2) is 0 Å². The van der Waals surface area contributed by atoms with Crippen LogP contribution >= 0.6 is 0 Å². The average Bonchev–Trinajstić information content (AvgIpc) is 2.23. The lowest BCUT2D eigenvalue weighted by molar-refractivity contribution is -0.0300. The van der Waals surface area contributed by atoms with Crippen molar-refractivity contribution in [2.24, 2.45) is 0 Å². The highest BCUT2D eigenvalue weighted by atomic mass is 19.1. The summed E-state index contributed by atoms with van der Waals surface area (Å²) in [5, 5.41) is 21.3. The first-order chi connectivity index (χ1) is 8.00. The number of hydrogen-bond acceptors (Lipinski definition) is 3. The van der Waals surface area contributed by atoms with Crippen LogP contribution in [0.25, 0.3) is 0 Å². The van der Waals surface area contributed by atoms with Gasteiger partial charge >= 0.3 is 0 Å². The molecule has 2 rings (SSSR count). The van der Waals surface area contributed by atoms with Gasteiger partial charge in [0, 0.05) is 12.6 Å². The van der Waals surface area contributed by atoms with Crippen LogP contribution in [0.1, 0.15) is 29.6 Å². The van der Waals surface area contributed by atoms with E-state index in [-0.39, 0.29) is 17.9 Å². The minimum atomic E-state index is -0.830. The van der Waals surface area contributed by atoms with E-state index in [2.05, 4.69) is 5.32 Å². The van der Waals surface area contributed by atoms with Gasteiger partial charge in [-0.15, -0.1) is 0 Å². The number of aliphatic hydroxyl groups is 1. The molecule has 0 bridgehead atoms. The van der Waals surface area contributed by atoms with E-state index < -0.39 is 17.3 Å². The summed E-state index contributed by atoms with van der Waals surface area (Å²) in [7, 11) is 0. The first-order valence-electron chi connectivity index (χ1n) is 5.49. The number of halogens is 1. The standard InChI is InChI=1S/C12H14FNO3/c13-10-6-8(15)2-3-9(10)11(16)14-7-12(17)4-1-5-12/h2-3,6,15,17H,1,4-5,7H2,(H,14,16). The molecule has 0 heterocycles. The molecule has 0 aromatic heterocycles. The third-order valence-electron chi connectivity index (χ3n) is 3.06. The van der Waals surface area contributed by atoms with Gasteiger partial charge < -0.3 is 15.5 Å². The number of aromatic hydroxyl groups is 1. The first kappa shape index (κ1) is 11.9. The molecule has 4 nitrogen and oxygen atoms in total. The Hall–Kier alpha value is -1.62. The number of carbonyl (C=O) groups excluding carboxylic acids is 1. The lowest BCUT2D eigenvalue weighted by Crippen LogP contribution is -2.47. The third-order valence-corrected chi connectivity index (χ3v) is 3.06. The number of phenols is 1. The molecule has 1 aromatic carbocycles. The number of phenolic OH excluding ortho intramolecular Hbond substituents is 1. The molecule has 1 amide bonds. The predicted molar refractivity (Wildman–Crippen MR) is 59.2 cm³/mol. The molecule has 17 heavy (non-hydrogen) atoms. The number of hydrogen-bond donors (Lipinski definition) is 3. The zero-order valence-corrected chi connectivity index (χ0v) is 9.24. The summed E-state index contributed by atoms with van der Waals surface area (Å²) in [4.78, 5) is 11.6. The van der Waals surface area contributed by atoms with Gasteiger partial charge in [-0.3, -0.25) is 4.79 Å². The number of rotatable bonds is 3. The molecule has 0 spiro atoms. The highest BCUT2D eigenvalue weighted by molar-refractivity contribution is 5.94. The fourth-order valence-corrected chi connectivity index (χ4v) is 1.79. The number of carbonyl (C=O) groups is 1. The van der Waals surface area contributed by atoms with Crippen molar-refractivity contribution in [2.45, 2.75) is 24.9 Å². The lowest BCUT2D eigenvalue weighted by Gasteiger charge is -2.36. The zero-order valence-electron chi connectivity index (χ0n) is 9.24. The van der Waals surface area contributed by atoms with Crippen molar-refractivity contribution in [2.75, 3.05) is 6.54 Å². The molecular formula is C12H14FNO3. The first-order valence-corrected chi connectivity index (χ1v) is 5.49. The van der Waals surface area contributed by atoms with Crippen LogP contribution in [0.3, 0.4) is 0 Å². The van der Waals surface area contributed by atoms with Gasteiger partial charge in [-0.05, 0) is 31.4 Å². The van der Waals surface area contributed by atoms with Crippen LogP contribution in [-0.2, 0) is 0 Å². The van der Waals surface area contributed by atoms with Gasteiger partial charge in [0.1, 0.15) is 11.6 Å². The molecule has 0 unspecified atom stereocenters. The van der Waals surface area contributed by atoms with Crippen LogP contribution in [-0.4, -0.2) is 28.3 Å². The van der Waals surface area contributed by atoms with E-state index in [0.29, 0.717) is 12.8 Å². The Bertz CT molecular complexity index is 443. The van der Waals surface area contributed by atoms with Crippen molar-refractivity contribution in [1.29, 1.82) is 0 Å². The van der Waals surface area contributed by atoms with Crippen molar-refractivity contribution in [1.82, 2.24) is 5.32 Å². The summed E-state index contributed by atoms with van der Waals surface area (Å²) >= 11 is 0. The lowest BCUT2D eigenvalue weighted by atomic mass is 9.80. The molecule has 0 aliphatic heterocycles. The molecule has 1 saturated carbocycles. The Balaban J connectivity index is 1.99. The maximum absolute atomic E-state index is 13.3. The molecular weight excluding hydrogens is 225 g/mol. The van der Waals surface area contributed by atoms with Gasteiger partial charge in [0.05, 0.1) is 11.2 Å². The molecule has 1 aromatic rings. The highest BCUT2D eigenvalue weighted by Gasteiger charge is 2.34. The van der Waals surface area contributed by atoms with Crippen LogP contribution in [0, 0.1) is 5.82 Å². The molecule has 1 fully saturated rings. The smallest absolute Gasteiger partial charge is 0.254 e.